The highest BCUT2D eigenvalue weighted by Gasteiger charge is 2.34. The molecule has 0 radical (unpaired) electrons. The number of thiocarbonyl (C=S) groups is 1. The first-order chi connectivity index (χ1) is 12.9. The third kappa shape index (κ3) is 4.20. The van der Waals surface area contributed by atoms with Crippen molar-refractivity contribution >= 4 is 45.2 Å². The monoisotopic (exact) mass is 448 g/mol. The number of amides is 1. The lowest BCUT2D eigenvalue weighted by molar-refractivity contribution is -0.122. The maximum absolute atomic E-state index is 13.0. The standard InChI is InChI=1S/C20H18BrFN2O2S/c1-3-24-19(25)17(23(2)20(24)27)11-14-6-9-18(16(21)10-14)26-12-13-4-7-15(22)8-5-13/h4-11H,3,12H2,1-2H3/b17-11-. The van der Waals surface area contributed by atoms with Crippen LogP contribution in [0.3, 0.4) is 0 Å². The van der Waals surface area contributed by atoms with Crippen LogP contribution < -0.4 is 4.74 Å². The van der Waals surface area contributed by atoms with Gasteiger partial charge in [-0.1, -0.05) is 18.2 Å². The molecule has 140 valence electrons. The summed E-state index contributed by atoms with van der Waals surface area (Å²) in [7, 11) is 1.79. The molecule has 1 saturated heterocycles. The number of benzene rings is 2. The van der Waals surface area contributed by atoms with Crippen molar-refractivity contribution in [2.75, 3.05) is 13.6 Å². The summed E-state index contributed by atoms with van der Waals surface area (Å²) < 4.78 is 19.5. The van der Waals surface area contributed by atoms with Crippen molar-refractivity contribution < 1.29 is 13.9 Å². The number of nitrogens with zero attached hydrogens (tertiary/aromatic N) is 2. The molecule has 0 spiro atoms. The molecule has 0 aliphatic carbocycles. The molecule has 4 nitrogen and oxygen atoms in total. The van der Waals surface area contributed by atoms with Gasteiger partial charge in [0.1, 0.15) is 23.9 Å². The van der Waals surface area contributed by atoms with Crippen LogP contribution in [0, 0.1) is 5.82 Å². The summed E-state index contributed by atoms with van der Waals surface area (Å²) in [6.45, 7) is 2.77. The highest BCUT2D eigenvalue weighted by atomic mass is 79.9. The molecule has 1 amide bonds. The predicted molar refractivity (Wildman–Crippen MR) is 111 cm³/mol. The lowest BCUT2D eigenvalue weighted by Gasteiger charge is -2.13. The molecular formula is C20H18BrFN2O2S. The van der Waals surface area contributed by atoms with E-state index in [0.717, 1.165) is 15.6 Å². The Balaban J connectivity index is 1.75. The predicted octanol–water partition coefficient (Wildman–Crippen LogP) is 4.59. The van der Waals surface area contributed by atoms with Gasteiger partial charge < -0.3 is 9.64 Å². The molecule has 0 aromatic heterocycles. The van der Waals surface area contributed by atoms with Crippen molar-refractivity contribution in [3.63, 3.8) is 0 Å². The normalized spacial score (nSPS) is 15.8. The largest absolute Gasteiger partial charge is 0.488 e. The molecule has 3 rings (SSSR count). The van der Waals surface area contributed by atoms with E-state index in [1.165, 1.54) is 12.1 Å². The minimum absolute atomic E-state index is 0.0993. The molecule has 2 aromatic carbocycles. The first-order valence-corrected chi connectivity index (χ1v) is 9.59. The zero-order valence-electron chi connectivity index (χ0n) is 14.9. The zero-order chi connectivity index (χ0) is 19.6. The molecule has 27 heavy (non-hydrogen) atoms. The minimum Gasteiger partial charge on any atom is -0.488 e. The summed E-state index contributed by atoms with van der Waals surface area (Å²) >= 11 is 8.81. The molecule has 1 fully saturated rings. The van der Waals surface area contributed by atoms with E-state index in [0.29, 0.717) is 29.7 Å². The first kappa shape index (κ1) is 19.5. The van der Waals surface area contributed by atoms with E-state index >= 15 is 0 Å². The Morgan fingerprint density at radius 3 is 2.52 bits per heavy atom. The van der Waals surface area contributed by atoms with Crippen LogP contribution in [0.25, 0.3) is 6.08 Å². The van der Waals surface area contributed by atoms with Crippen LogP contribution in [0.4, 0.5) is 4.39 Å². The van der Waals surface area contributed by atoms with Gasteiger partial charge in [-0.15, -0.1) is 0 Å². The smallest absolute Gasteiger partial charge is 0.276 e. The second-order valence-corrected chi connectivity index (χ2v) is 7.25. The van der Waals surface area contributed by atoms with Crippen molar-refractivity contribution in [2.45, 2.75) is 13.5 Å². The lowest BCUT2D eigenvalue weighted by atomic mass is 10.1. The highest BCUT2D eigenvalue weighted by molar-refractivity contribution is 9.10. The van der Waals surface area contributed by atoms with Gasteiger partial charge in [0, 0.05) is 13.6 Å². The Labute approximate surface area is 171 Å². The average Bonchev–Trinajstić information content (AvgIpc) is 2.85. The van der Waals surface area contributed by atoms with E-state index in [-0.39, 0.29) is 11.7 Å². The fourth-order valence-corrected chi connectivity index (χ4v) is 3.53. The van der Waals surface area contributed by atoms with Gasteiger partial charge >= 0.3 is 0 Å². The maximum Gasteiger partial charge on any atom is 0.276 e. The van der Waals surface area contributed by atoms with E-state index in [2.05, 4.69) is 15.9 Å². The second kappa shape index (κ2) is 8.19. The summed E-state index contributed by atoms with van der Waals surface area (Å²) in [6.07, 6.45) is 1.80. The SMILES string of the molecule is CCN1C(=O)/C(=C/c2ccc(OCc3ccc(F)cc3)c(Br)c2)N(C)C1=S. The van der Waals surface area contributed by atoms with Gasteiger partial charge in [-0.3, -0.25) is 9.69 Å². The van der Waals surface area contributed by atoms with Gasteiger partial charge in [0.2, 0.25) is 0 Å². The Morgan fingerprint density at radius 1 is 1.22 bits per heavy atom. The van der Waals surface area contributed by atoms with Gasteiger partial charge in [-0.2, -0.15) is 0 Å². The van der Waals surface area contributed by atoms with Gasteiger partial charge in [0.25, 0.3) is 5.91 Å². The summed E-state index contributed by atoms with van der Waals surface area (Å²) in [5.74, 6) is 0.293. The van der Waals surface area contributed by atoms with E-state index in [1.807, 2.05) is 25.1 Å². The Morgan fingerprint density at radius 2 is 1.93 bits per heavy atom. The van der Waals surface area contributed by atoms with Crippen LogP contribution in [0.1, 0.15) is 18.1 Å². The fraction of sp³-hybridized carbons (Fsp3) is 0.200. The quantitative estimate of drug-likeness (QED) is 0.494. The first-order valence-electron chi connectivity index (χ1n) is 8.38. The molecule has 7 heteroatoms. The van der Waals surface area contributed by atoms with Crippen molar-refractivity contribution in [1.82, 2.24) is 9.80 Å². The van der Waals surface area contributed by atoms with Crippen molar-refractivity contribution in [3.8, 4) is 5.75 Å². The number of hydrogen-bond acceptors (Lipinski definition) is 3. The lowest BCUT2D eigenvalue weighted by Crippen LogP contribution is -2.30. The molecule has 0 bridgehead atoms. The Hall–Kier alpha value is -2.25. The van der Waals surface area contributed by atoms with Crippen LogP contribution in [0.15, 0.2) is 52.6 Å². The topological polar surface area (TPSA) is 32.8 Å². The molecule has 1 heterocycles. The summed E-state index contributed by atoms with van der Waals surface area (Å²) in [6, 6.07) is 11.8. The average molecular weight is 449 g/mol. The van der Waals surface area contributed by atoms with E-state index < -0.39 is 0 Å². The molecule has 0 N–H and O–H groups in total. The van der Waals surface area contributed by atoms with Gasteiger partial charge in [-0.25, -0.2) is 4.39 Å². The van der Waals surface area contributed by atoms with E-state index in [4.69, 9.17) is 17.0 Å². The summed E-state index contributed by atoms with van der Waals surface area (Å²) in [4.78, 5) is 15.7. The Kier molecular flexibility index (Phi) is 5.92. The van der Waals surface area contributed by atoms with Crippen molar-refractivity contribution in [3.05, 3.63) is 69.6 Å². The highest BCUT2D eigenvalue weighted by Crippen LogP contribution is 2.29. The van der Waals surface area contributed by atoms with Crippen molar-refractivity contribution in [2.24, 2.45) is 0 Å². The number of carbonyl (C=O) groups is 1. The maximum atomic E-state index is 13.0. The zero-order valence-corrected chi connectivity index (χ0v) is 17.3. The summed E-state index contributed by atoms with van der Waals surface area (Å²) in [5, 5.41) is 0.507. The van der Waals surface area contributed by atoms with Crippen LogP contribution in [0.2, 0.25) is 0 Å². The van der Waals surface area contributed by atoms with Crippen LogP contribution in [-0.4, -0.2) is 34.4 Å². The number of likely N-dealkylation sites (N-methyl/N-ethyl adjacent to an activating group) is 2. The molecule has 1 aliphatic rings. The molecular weight excluding hydrogens is 431 g/mol. The van der Waals surface area contributed by atoms with Crippen LogP contribution in [-0.2, 0) is 11.4 Å². The van der Waals surface area contributed by atoms with E-state index in [1.54, 1.807) is 35.1 Å². The number of ether oxygens (including phenoxy) is 1. The van der Waals surface area contributed by atoms with Gasteiger partial charge in [-0.05, 0) is 76.5 Å². The third-order valence-corrected chi connectivity index (χ3v) is 5.34. The number of halogens is 2. The van der Waals surface area contributed by atoms with Crippen molar-refractivity contribution in [1.29, 1.82) is 0 Å². The fourth-order valence-electron chi connectivity index (χ4n) is 2.71. The molecule has 0 saturated carbocycles. The third-order valence-electron chi connectivity index (χ3n) is 4.23. The van der Waals surface area contributed by atoms with Gasteiger partial charge in [0.15, 0.2) is 5.11 Å². The van der Waals surface area contributed by atoms with Crippen LogP contribution >= 0.6 is 28.1 Å². The molecule has 0 atom stereocenters. The number of rotatable bonds is 5. The Bertz CT molecular complexity index is 915. The second-order valence-electron chi connectivity index (χ2n) is 6.03. The molecule has 0 unspecified atom stereocenters. The minimum atomic E-state index is -0.273. The molecule has 1 aliphatic heterocycles. The number of hydrogen-bond donors (Lipinski definition) is 0. The van der Waals surface area contributed by atoms with Crippen LogP contribution in [0.5, 0.6) is 5.75 Å². The van der Waals surface area contributed by atoms with Gasteiger partial charge in [0.05, 0.1) is 4.47 Å². The molecule has 2 aromatic rings. The van der Waals surface area contributed by atoms with E-state index in [9.17, 15) is 9.18 Å². The number of carbonyl (C=O) groups excluding carboxylic acids is 1. The summed E-state index contributed by atoms with van der Waals surface area (Å²) in [5.41, 5.74) is 2.27.